The van der Waals surface area contributed by atoms with Crippen LogP contribution in [0.25, 0.3) is 22.2 Å². The van der Waals surface area contributed by atoms with Gasteiger partial charge in [0.2, 0.25) is 0 Å². The molecule has 1 unspecified atom stereocenters. The Kier molecular flexibility index (Phi) is 11.6. The van der Waals surface area contributed by atoms with Gasteiger partial charge in [0.25, 0.3) is 5.91 Å². The van der Waals surface area contributed by atoms with Gasteiger partial charge in [0.1, 0.15) is 24.2 Å². The highest BCUT2D eigenvalue weighted by atomic mass is 19.4. The normalized spacial score (nSPS) is 24.3. The van der Waals surface area contributed by atoms with E-state index in [4.69, 9.17) is 14.2 Å². The molecule has 1 aromatic carbocycles. The number of halogens is 3. The second-order valence-corrected chi connectivity index (χ2v) is 16.8. The van der Waals surface area contributed by atoms with Crippen LogP contribution in [0.2, 0.25) is 0 Å². The van der Waals surface area contributed by atoms with Crippen LogP contribution in [0.15, 0.2) is 36.5 Å². The fraction of sp³-hybridized carbons (Fsp3) is 0.600. The third-order valence-electron chi connectivity index (χ3n) is 10.5. The van der Waals surface area contributed by atoms with Crippen LogP contribution in [0.1, 0.15) is 89.6 Å². The van der Waals surface area contributed by atoms with Crippen LogP contribution in [-0.2, 0) is 36.8 Å². The Morgan fingerprint density at radius 2 is 1.89 bits per heavy atom. The number of ether oxygens (including phenoxy) is 3. The summed E-state index contributed by atoms with van der Waals surface area (Å²) in [6.45, 7) is 11.3. The molecule has 300 valence electrons. The third kappa shape index (κ3) is 9.43. The molecular weight excluding hydrogens is 717 g/mol. The molecule has 6 rings (SSSR count). The minimum atomic E-state index is -4.53. The summed E-state index contributed by atoms with van der Waals surface area (Å²) in [7, 11) is 1.54. The Morgan fingerprint density at radius 1 is 1.13 bits per heavy atom. The predicted octanol–water partition coefficient (Wildman–Crippen LogP) is 6.28. The van der Waals surface area contributed by atoms with Crippen LogP contribution >= 0.6 is 0 Å². The topological polar surface area (TPSA) is 127 Å². The van der Waals surface area contributed by atoms with Gasteiger partial charge in [-0.15, -0.1) is 0 Å². The molecule has 3 aliphatic heterocycles. The first-order chi connectivity index (χ1) is 25.8. The summed E-state index contributed by atoms with van der Waals surface area (Å²) in [4.78, 5) is 47.3. The van der Waals surface area contributed by atoms with Crippen molar-refractivity contribution in [3.63, 3.8) is 0 Å². The van der Waals surface area contributed by atoms with Crippen molar-refractivity contribution in [1.29, 1.82) is 0 Å². The van der Waals surface area contributed by atoms with Crippen molar-refractivity contribution in [1.82, 2.24) is 30.2 Å². The summed E-state index contributed by atoms with van der Waals surface area (Å²) in [5.74, 6) is -0.927. The SMILES string of the molecule is CO[C@@H](C)c1ncccc1-c1c2c3cc(ccc3n1CC(F)(F)F)[C@H]1CCN(C1)C[C@H](NC(=O)OC(C)(C)C)C(=O)N1CCC[C@H](N1)C(=O)OCC(C)(C)C2. The van der Waals surface area contributed by atoms with Crippen LogP contribution in [0, 0.1) is 5.41 Å². The first-order valence-corrected chi connectivity index (χ1v) is 19.0. The molecule has 3 aliphatic rings. The van der Waals surface area contributed by atoms with Gasteiger partial charge in [0, 0.05) is 54.8 Å². The fourth-order valence-corrected chi connectivity index (χ4v) is 7.94. The van der Waals surface area contributed by atoms with Gasteiger partial charge in [-0.2, -0.15) is 13.2 Å². The molecule has 2 N–H and O–H groups in total. The lowest BCUT2D eigenvalue weighted by molar-refractivity contribution is -0.155. The van der Waals surface area contributed by atoms with Gasteiger partial charge in [-0.05, 0) is 101 Å². The molecule has 15 heteroatoms. The number of rotatable bonds is 5. The number of carbonyl (C=O) groups is 3. The van der Waals surface area contributed by atoms with Crippen molar-refractivity contribution in [2.45, 2.75) is 110 Å². The molecule has 5 atom stereocenters. The number of fused-ring (bicyclic) bond motifs is 6. The average molecular weight is 771 g/mol. The lowest BCUT2D eigenvalue weighted by Gasteiger charge is -2.36. The highest BCUT2D eigenvalue weighted by Crippen LogP contribution is 2.43. The second-order valence-electron chi connectivity index (χ2n) is 16.8. The molecule has 0 radical (unpaired) electrons. The number of cyclic esters (lactones) is 1. The molecule has 0 saturated carbocycles. The number of methoxy groups -OCH3 is 1. The molecule has 0 aliphatic carbocycles. The van der Waals surface area contributed by atoms with E-state index >= 15 is 0 Å². The van der Waals surface area contributed by atoms with E-state index in [9.17, 15) is 27.6 Å². The zero-order chi connectivity index (χ0) is 39.9. The molecule has 55 heavy (non-hydrogen) atoms. The van der Waals surface area contributed by atoms with Crippen molar-refractivity contribution >= 4 is 28.9 Å². The standard InChI is InChI=1S/C40H53F3N6O6/c1-24(53-7)33-27(10-8-15-44-33)34-29-19-39(5,6)23-54-36(51)30-11-9-16-49(46-30)35(50)31(45-37(52)55-38(2,3)4)21-47-17-14-26(20-47)25-12-13-32(28(29)18-25)48(34)22-40(41,42)43/h8,10,12-13,15,18,24,26,30-31,46H,9,11,14,16-17,19-23H2,1-7H3,(H,45,52)/t24-,26-,30-,31-/m0/s1. The van der Waals surface area contributed by atoms with Gasteiger partial charge in [-0.25, -0.2) is 10.2 Å². The molecule has 12 nitrogen and oxygen atoms in total. The van der Waals surface area contributed by atoms with Crippen LogP contribution in [0.3, 0.4) is 0 Å². The number of hydrogen-bond acceptors (Lipinski definition) is 9. The summed E-state index contributed by atoms with van der Waals surface area (Å²) in [5.41, 5.74) is 5.07. The van der Waals surface area contributed by atoms with Crippen molar-refractivity contribution in [2.24, 2.45) is 5.41 Å². The monoisotopic (exact) mass is 770 g/mol. The summed E-state index contributed by atoms with van der Waals surface area (Å²) < 4.78 is 61.9. The number of pyridine rings is 1. The number of esters is 1. The maximum Gasteiger partial charge on any atom is 0.408 e. The number of hydrazine groups is 1. The first kappa shape index (κ1) is 40.5. The first-order valence-electron chi connectivity index (χ1n) is 19.0. The zero-order valence-electron chi connectivity index (χ0n) is 32.7. The number of alkyl carbamates (subject to hydrolysis) is 1. The Hall–Kier alpha value is -4.21. The lowest BCUT2D eigenvalue weighted by atomic mass is 9.84. The smallest absolute Gasteiger partial charge is 0.408 e. The van der Waals surface area contributed by atoms with Gasteiger partial charge in [-0.3, -0.25) is 19.6 Å². The largest absolute Gasteiger partial charge is 0.464 e. The van der Waals surface area contributed by atoms with E-state index in [1.807, 2.05) is 32.9 Å². The van der Waals surface area contributed by atoms with E-state index in [0.29, 0.717) is 65.9 Å². The Morgan fingerprint density at radius 3 is 2.60 bits per heavy atom. The third-order valence-corrected chi connectivity index (χ3v) is 10.5. The maximum atomic E-state index is 14.5. The minimum Gasteiger partial charge on any atom is -0.464 e. The molecule has 0 spiro atoms. The number of hydrogen-bond donors (Lipinski definition) is 2. The molecule has 2 amide bonds. The van der Waals surface area contributed by atoms with E-state index < -0.39 is 59.9 Å². The van der Waals surface area contributed by atoms with Gasteiger partial charge < -0.3 is 29.0 Å². The van der Waals surface area contributed by atoms with Crippen molar-refractivity contribution in [3.05, 3.63) is 53.3 Å². The average Bonchev–Trinajstić information content (AvgIpc) is 3.69. The zero-order valence-corrected chi connectivity index (χ0v) is 32.7. The van der Waals surface area contributed by atoms with Crippen LogP contribution in [0.5, 0.6) is 0 Å². The quantitative estimate of drug-likeness (QED) is 0.289. The number of nitrogens with one attached hydrogen (secondary N) is 2. The molecule has 2 fully saturated rings. The van der Waals surface area contributed by atoms with Crippen molar-refractivity contribution < 1.29 is 41.8 Å². The van der Waals surface area contributed by atoms with Crippen LogP contribution in [-0.4, -0.2) is 101 Å². The fourth-order valence-electron chi connectivity index (χ4n) is 7.94. The number of amides is 2. The molecule has 6 bridgehead atoms. The summed E-state index contributed by atoms with van der Waals surface area (Å²) in [5, 5.41) is 4.84. The van der Waals surface area contributed by atoms with E-state index in [1.54, 1.807) is 45.2 Å². The van der Waals surface area contributed by atoms with Crippen LogP contribution in [0.4, 0.5) is 18.0 Å². The minimum absolute atomic E-state index is 0.0109. The van der Waals surface area contributed by atoms with Gasteiger partial charge in [-0.1, -0.05) is 19.9 Å². The summed E-state index contributed by atoms with van der Waals surface area (Å²) in [6, 6.07) is 7.36. The Balaban J connectivity index is 1.48. The maximum absolute atomic E-state index is 14.5. The summed E-state index contributed by atoms with van der Waals surface area (Å²) in [6.07, 6.45) is -2.17. The molecular formula is C40H53F3N6O6. The number of carbonyl (C=O) groups excluding carboxylic acids is 3. The van der Waals surface area contributed by atoms with Crippen molar-refractivity contribution in [3.8, 4) is 11.3 Å². The molecule has 3 aromatic rings. The summed E-state index contributed by atoms with van der Waals surface area (Å²) >= 11 is 0. The highest BCUT2D eigenvalue weighted by Gasteiger charge is 2.39. The van der Waals surface area contributed by atoms with Crippen molar-refractivity contribution in [2.75, 3.05) is 39.9 Å². The Bertz CT molecular complexity index is 1910. The number of alkyl halides is 3. The van der Waals surface area contributed by atoms with E-state index in [2.05, 4.69) is 20.6 Å². The molecule has 2 saturated heterocycles. The van der Waals surface area contributed by atoms with Crippen LogP contribution < -0.4 is 10.7 Å². The van der Waals surface area contributed by atoms with E-state index in [-0.39, 0.29) is 25.5 Å². The second kappa shape index (κ2) is 15.7. The Labute approximate surface area is 320 Å². The van der Waals surface area contributed by atoms with Gasteiger partial charge >= 0.3 is 18.2 Å². The number of aromatic nitrogens is 2. The lowest BCUT2D eigenvalue weighted by Crippen LogP contribution is -2.62. The van der Waals surface area contributed by atoms with Gasteiger partial charge in [0.05, 0.1) is 24.1 Å². The van der Waals surface area contributed by atoms with E-state index in [1.165, 1.54) is 16.7 Å². The predicted molar refractivity (Wildman–Crippen MR) is 200 cm³/mol. The molecule has 2 aromatic heterocycles. The number of benzene rings is 1. The van der Waals surface area contributed by atoms with E-state index in [0.717, 1.165) is 12.0 Å². The van der Waals surface area contributed by atoms with Gasteiger partial charge in [0.15, 0.2) is 0 Å². The number of nitrogens with zero attached hydrogens (tertiary/aromatic N) is 4. The molecule has 5 heterocycles. The highest BCUT2D eigenvalue weighted by molar-refractivity contribution is 5.93.